The zero-order chi connectivity index (χ0) is 15.9. The number of carbonyl (C=O) groups is 1. The molecule has 0 aromatic heterocycles. The molecule has 1 atom stereocenters. The van der Waals surface area contributed by atoms with Gasteiger partial charge in [-0.2, -0.15) is 5.11 Å². The first-order valence-corrected chi connectivity index (χ1v) is 8.90. The van der Waals surface area contributed by atoms with E-state index in [1.54, 1.807) is 7.05 Å². The smallest absolute Gasteiger partial charge is 0.233 e. The molecule has 1 saturated carbocycles. The second kappa shape index (κ2) is 8.62. The molecule has 0 spiro atoms. The maximum absolute atomic E-state index is 11.3. The lowest BCUT2D eigenvalue weighted by Gasteiger charge is -2.32. The summed E-state index contributed by atoms with van der Waals surface area (Å²) in [5.74, 6) is 1.73. The van der Waals surface area contributed by atoms with E-state index in [1.165, 1.54) is 12.8 Å². The first-order chi connectivity index (χ1) is 10.6. The number of rotatable bonds is 6. The zero-order valence-corrected chi connectivity index (χ0v) is 15.0. The molecule has 7 heteroatoms. The van der Waals surface area contributed by atoms with Crippen LogP contribution in [0, 0.1) is 5.92 Å². The lowest BCUT2D eigenvalue weighted by Crippen LogP contribution is -2.40. The molecule has 1 fully saturated rings. The van der Waals surface area contributed by atoms with Crippen LogP contribution in [0.25, 0.3) is 0 Å². The molecule has 1 aliphatic carbocycles. The van der Waals surface area contributed by atoms with Crippen molar-refractivity contribution in [3.8, 4) is 0 Å². The minimum Gasteiger partial charge on any atom is -0.358 e. The van der Waals surface area contributed by atoms with Crippen LogP contribution in [0.1, 0.15) is 32.1 Å². The monoisotopic (exact) mass is 371 g/mol. The Morgan fingerprint density at radius 1 is 1.41 bits per heavy atom. The lowest BCUT2D eigenvalue weighted by atomic mass is 9.85. The molecule has 0 aromatic carbocycles. The van der Waals surface area contributed by atoms with Crippen molar-refractivity contribution in [2.24, 2.45) is 16.1 Å². The summed E-state index contributed by atoms with van der Waals surface area (Å²) in [7, 11) is 3.77. The minimum absolute atomic E-state index is 0.0570. The summed E-state index contributed by atoms with van der Waals surface area (Å²) in [6.45, 7) is 1.45. The minimum atomic E-state index is 0.0570. The highest BCUT2D eigenvalue weighted by atomic mass is 79.9. The number of amides is 1. The Balaban J connectivity index is 1.69. The summed E-state index contributed by atoms with van der Waals surface area (Å²) in [5.41, 5.74) is 0. The van der Waals surface area contributed by atoms with Crippen molar-refractivity contribution >= 4 is 21.8 Å². The van der Waals surface area contributed by atoms with Crippen molar-refractivity contribution in [2.75, 3.05) is 27.2 Å². The Hall–Kier alpha value is -0.950. The van der Waals surface area contributed by atoms with Crippen molar-refractivity contribution in [2.45, 2.75) is 43.1 Å². The standard InChI is InChI=1S/C15H26BrN5O/c1-17-15(22)9-18-12-5-3-11(4-6-12)10-21(2)14-8-7-13(16)19-20-14/h8,11-13,18H,3-7,9-10H2,1-2H3,(H,17,22)/t11?,12?,13-/m0/s1. The third-order valence-corrected chi connectivity index (χ3v) is 4.94. The van der Waals surface area contributed by atoms with E-state index in [2.05, 4.69) is 54.8 Å². The first kappa shape index (κ1) is 17.4. The van der Waals surface area contributed by atoms with Crippen molar-refractivity contribution in [1.82, 2.24) is 15.5 Å². The molecule has 1 aliphatic heterocycles. The number of azo groups is 1. The van der Waals surface area contributed by atoms with Crippen LogP contribution in [0.15, 0.2) is 22.1 Å². The van der Waals surface area contributed by atoms with E-state index in [0.29, 0.717) is 18.5 Å². The van der Waals surface area contributed by atoms with Crippen LogP contribution in [-0.4, -0.2) is 49.0 Å². The summed E-state index contributed by atoms with van der Waals surface area (Å²) >= 11 is 3.44. The molecule has 1 amide bonds. The summed E-state index contributed by atoms with van der Waals surface area (Å²) < 4.78 is 0. The highest BCUT2D eigenvalue weighted by Crippen LogP contribution is 2.27. The zero-order valence-electron chi connectivity index (χ0n) is 13.4. The van der Waals surface area contributed by atoms with Gasteiger partial charge in [0.2, 0.25) is 5.91 Å². The van der Waals surface area contributed by atoms with Crippen LogP contribution in [-0.2, 0) is 4.79 Å². The van der Waals surface area contributed by atoms with Crippen LogP contribution in [0.3, 0.4) is 0 Å². The quantitative estimate of drug-likeness (QED) is 0.555. The summed E-state index contributed by atoms with van der Waals surface area (Å²) in [5, 5.41) is 14.4. The third-order valence-electron chi connectivity index (χ3n) is 4.38. The van der Waals surface area contributed by atoms with Gasteiger partial charge in [-0.25, -0.2) is 0 Å². The predicted molar refractivity (Wildman–Crippen MR) is 90.7 cm³/mol. The fourth-order valence-corrected chi connectivity index (χ4v) is 3.28. The number of likely N-dealkylation sites (N-methyl/N-ethyl adjacent to an activating group) is 1. The van der Waals surface area contributed by atoms with E-state index in [9.17, 15) is 4.79 Å². The fraction of sp³-hybridized carbons (Fsp3) is 0.800. The second-order valence-electron chi connectivity index (χ2n) is 6.10. The van der Waals surface area contributed by atoms with Crippen molar-refractivity contribution in [3.05, 3.63) is 11.9 Å². The van der Waals surface area contributed by atoms with Crippen molar-refractivity contribution in [1.29, 1.82) is 0 Å². The fourth-order valence-electron chi connectivity index (χ4n) is 3.00. The van der Waals surface area contributed by atoms with E-state index >= 15 is 0 Å². The van der Waals surface area contributed by atoms with Crippen LogP contribution >= 0.6 is 15.9 Å². The maximum Gasteiger partial charge on any atom is 0.233 e. The van der Waals surface area contributed by atoms with Gasteiger partial charge >= 0.3 is 0 Å². The molecule has 2 aliphatic rings. The van der Waals surface area contributed by atoms with Crippen LogP contribution in [0.4, 0.5) is 0 Å². The molecule has 0 radical (unpaired) electrons. The Labute approximate surface area is 140 Å². The molecule has 0 aromatic rings. The van der Waals surface area contributed by atoms with Gasteiger partial charge in [0.05, 0.1) is 6.54 Å². The van der Waals surface area contributed by atoms with Crippen LogP contribution < -0.4 is 10.6 Å². The highest BCUT2D eigenvalue weighted by Gasteiger charge is 2.23. The molecule has 2 N–H and O–H groups in total. The Bertz CT molecular complexity index is 432. The SMILES string of the molecule is CNC(=O)CNC1CCC(CN(C)C2=CC[C@@H](Br)N=N2)CC1. The highest BCUT2D eigenvalue weighted by molar-refractivity contribution is 9.09. The van der Waals surface area contributed by atoms with Gasteiger partial charge in [0.25, 0.3) is 0 Å². The van der Waals surface area contributed by atoms with Gasteiger partial charge in [0, 0.05) is 33.1 Å². The Morgan fingerprint density at radius 3 is 2.73 bits per heavy atom. The van der Waals surface area contributed by atoms with Gasteiger partial charge in [-0.15, -0.1) is 5.11 Å². The topological polar surface area (TPSA) is 69.1 Å². The van der Waals surface area contributed by atoms with Crippen LogP contribution in [0.2, 0.25) is 0 Å². The number of hydrogen-bond donors (Lipinski definition) is 2. The lowest BCUT2D eigenvalue weighted by molar-refractivity contribution is -0.119. The molecule has 0 unspecified atom stereocenters. The number of carbonyl (C=O) groups excluding carboxylic acids is 1. The predicted octanol–water partition coefficient (Wildman–Crippen LogP) is 2.23. The molecule has 0 bridgehead atoms. The summed E-state index contributed by atoms with van der Waals surface area (Å²) in [6.07, 6.45) is 7.71. The summed E-state index contributed by atoms with van der Waals surface area (Å²) in [6, 6.07) is 0.474. The van der Waals surface area contributed by atoms with Crippen molar-refractivity contribution in [3.63, 3.8) is 0 Å². The number of hydrogen-bond acceptors (Lipinski definition) is 5. The number of halogens is 1. The normalized spacial score (nSPS) is 28.1. The third kappa shape index (κ3) is 5.35. The van der Waals surface area contributed by atoms with Gasteiger partial charge in [0.1, 0.15) is 10.8 Å². The maximum atomic E-state index is 11.3. The number of nitrogens with zero attached hydrogens (tertiary/aromatic N) is 3. The molecule has 2 rings (SSSR count). The van der Waals surface area contributed by atoms with Gasteiger partial charge in [-0.3, -0.25) is 4.79 Å². The molecule has 1 heterocycles. The Morgan fingerprint density at radius 2 is 2.14 bits per heavy atom. The van der Waals surface area contributed by atoms with Gasteiger partial charge < -0.3 is 15.5 Å². The molecule has 22 heavy (non-hydrogen) atoms. The average Bonchev–Trinajstić information content (AvgIpc) is 2.54. The largest absolute Gasteiger partial charge is 0.358 e. The van der Waals surface area contributed by atoms with Crippen molar-refractivity contribution < 1.29 is 4.79 Å². The molecule has 124 valence electrons. The van der Waals surface area contributed by atoms with E-state index < -0.39 is 0 Å². The molecular weight excluding hydrogens is 346 g/mol. The average molecular weight is 372 g/mol. The molecule has 0 saturated heterocycles. The van der Waals surface area contributed by atoms with Gasteiger partial charge in [-0.05, 0) is 37.7 Å². The van der Waals surface area contributed by atoms with E-state index in [4.69, 9.17) is 0 Å². The number of alkyl halides is 1. The second-order valence-corrected chi connectivity index (χ2v) is 7.16. The van der Waals surface area contributed by atoms with E-state index in [1.807, 2.05) is 0 Å². The summed E-state index contributed by atoms with van der Waals surface area (Å²) in [4.78, 5) is 13.6. The molecule has 6 nitrogen and oxygen atoms in total. The van der Waals surface area contributed by atoms with Gasteiger partial charge in [-0.1, -0.05) is 15.9 Å². The van der Waals surface area contributed by atoms with E-state index in [-0.39, 0.29) is 10.9 Å². The first-order valence-electron chi connectivity index (χ1n) is 7.98. The Kier molecular flexibility index (Phi) is 6.82. The molecular formula is C15H26BrN5O. The van der Waals surface area contributed by atoms with Gasteiger partial charge in [0.15, 0.2) is 0 Å². The van der Waals surface area contributed by atoms with E-state index in [0.717, 1.165) is 31.6 Å². The van der Waals surface area contributed by atoms with Crippen LogP contribution in [0.5, 0.6) is 0 Å². The number of nitrogens with one attached hydrogen (secondary N) is 2.